The van der Waals surface area contributed by atoms with Gasteiger partial charge in [0.2, 0.25) is 0 Å². The number of thiophene rings is 1. The van der Waals surface area contributed by atoms with E-state index in [0.717, 1.165) is 45.1 Å². The first-order chi connectivity index (χ1) is 11.5. The molecule has 2 aromatic heterocycles. The molecule has 4 nitrogen and oxygen atoms in total. The molecule has 0 N–H and O–H groups in total. The van der Waals surface area contributed by atoms with Gasteiger partial charge in [0, 0.05) is 6.42 Å². The first-order valence-electron chi connectivity index (χ1n) is 7.99. The molecule has 0 saturated heterocycles. The van der Waals surface area contributed by atoms with E-state index < -0.39 is 0 Å². The van der Waals surface area contributed by atoms with Crippen LogP contribution < -0.4 is 5.56 Å². The van der Waals surface area contributed by atoms with Gasteiger partial charge in [-0.15, -0.1) is 11.3 Å². The van der Waals surface area contributed by atoms with Gasteiger partial charge in [0.1, 0.15) is 11.4 Å². The summed E-state index contributed by atoms with van der Waals surface area (Å²) in [5, 5.41) is 1.59. The first kappa shape index (κ1) is 15.9. The minimum atomic E-state index is 0.0697. The van der Waals surface area contributed by atoms with Gasteiger partial charge in [0.05, 0.1) is 36.6 Å². The van der Waals surface area contributed by atoms with Crippen molar-refractivity contribution in [1.29, 1.82) is 0 Å². The van der Waals surface area contributed by atoms with Gasteiger partial charge in [-0.05, 0) is 24.0 Å². The highest BCUT2D eigenvalue weighted by atomic mass is 32.2. The fourth-order valence-corrected chi connectivity index (χ4v) is 5.38. The van der Waals surface area contributed by atoms with Crippen LogP contribution in [0.15, 0.2) is 40.3 Å². The third-order valence-corrected chi connectivity index (χ3v) is 6.36. The number of thioether (sulfide) groups is 1. The van der Waals surface area contributed by atoms with Gasteiger partial charge in [-0.1, -0.05) is 30.0 Å². The average Bonchev–Trinajstić information content (AvgIpc) is 2.91. The largest absolute Gasteiger partial charge is 0.324 e. The smallest absolute Gasteiger partial charge is 0.267 e. The van der Waals surface area contributed by atoms with Gasteiger partial charge in [-0.25, -0.2) is 4.98 Å². The number of fused-ring (bicyclic) bond motifs is 3. The highest BCUT2D eigenvalue weighted by Gasteiger charge is 2.30. The van der Waals surface area contributed by atoms with E-state index in [-0.39, 0.29) is 5.56 Å². The van der Waals surface area contributed by atoms with E-state index in [1.807, 2.05) is 36.6 Å². The number of rotatable bonds is 2. The summed E-state index contributed by atoms with van der Waals surface area (Å²) in [6.45, 7) is 2.05. The molecule has 0 spiro atoms. The molecule has 1 aliphatic rings. The quantitative estimate of drug-likeness (QED) is 0.400. The number of likely N-dealkylation sites (N-methyl/N-ethyl adjacent to an activating group) is 1. The van der Waals surface area contributed by atoms with Crippen LogP contribution in [-0.2, 0) is 13.0 Å². The molecule has 0 aliphatic carbocycles. The van der Waals surface area contributed by atoms with E-state index in [0.29, 0.717) is 0 Å². The van der Waals surface area contributed by atoms with Crippen molar-refractivity contribution in [2.24, 2.45) is 0 Å². The molecular formula is C18H20N3OS2+. The Balaban J connectivity index is 2.02. The van der Waals surface area contributed by atoms with Gasteiger partial charge in [-0.3, -0.25) is 9.36 Å². The summed E-state index contributed by atoms with van der Waals surface area (Å²) in [6.07, 6.45) is 2.92. The van der Waals surface area contributed by atoms with Crippen molar-refractivity contribution in [3.63, 3.8) is 0 Å². The van der Waals surface area contributed by atoms with Crippen LogP contribution in [0.1, 0.15) is 10.4 Å². The van der Waals surface area contributed by atoms with Gasteiger partial charge < -0.3 is 4.48 Å². The number of para-hydroxylation sites is 1. The van der Waals surface area contributed by atoms with E-state index >= 15 is 0 Å². The number of nitrogens with zero attached hydrogens (tertiary/aromatic N) is 3. The lowest BCUT2D eigenvalue weighted by Gasteiger charge is -2.33. The third-order valence-electron chi connectivity index (χ3n) is 4.61. The second kappa shape index (κ2) is 5.72. The molecule has 0 bridgehead atoms. The van der Waals surface area contributed by atoms with Crippen LogP contribution in [0.25, 0.3) is 15.9 Å². The van der Waals surface area contributed by atoms with Crippen LogP contribution in [0, 0.1) is 0 Å². The number of aromatic nitrogens is 2. The van der Waals surface area contributed by atoms with Crippen LogP contribution in [-0.4, -0.2) is 40.9 Å². The van der Waals surface area contributed by atoms with Crippen molar-refractivity contribution in [1.82, 2.24) is 9.55 Å². The number of benzene rings is 1. The lowest BCUT2D eigenvalue weighted by molar-refractivity contribution is -0.905. The third kappa shape index (κ3) is 2.49. The molecule has 0 unspecified atom stereocenters. The Labute approximate surface area is 149 Å². The molecule has 1 aromatic carbocycles. The molecule has 4 rings (SSSR count). The minimum Gasteiger partial charge on any atom is -0.324 e. The molecule has 0 radical (unpaired) electrons. The van der Waals surface area contributed by atoms with Gasteiger partial charge in [0.25, 0.3) is 5.56 Å². The molecule has 24 heavy (non-hydrogen) atoms. The Morgan fingerprint density at radius 1 is 1.25 bits per heavy atom. The second-order valence-corrected chi connectivity index (χ2v) is 8.68. The van der Waals surface area contributed by atoms with Crippen molar-refractivity contribution in [2.45, 2.75) is 18.1 Å². The molecule has 0 saturated carbocycles. The van der Waals surface area contributed by atoms with Crippen molar-refractivity contribution >= 4 is 33.3 Å². The molecule has 0 atom stereocenters. The zero-order chi connectivity index (χ0) is 16.9. The maximum atomic E-state index is 13.3. The lowest BCUT2D eigenvalue weighted by atomic mass is 10.0. The maximum Gasteiger partial charge on any atom is 0.267 e. The van der Waals surface area contributed by atoms with Crippen molar-refractivity contribution in [2.75, 3.05) is 26.9 Å². The summed E-state index contributed by atoms with van der Waals surface area (Å²) in [6, 6.07) is 9.81. The summed E-state index contributed by atoms with van der Waals surface area (Å²) in [4.78, 5) is 20.4. The molecule has 124 valence electrons. The zero-order valence-electron chi connectivity index (χ0n) is 14.1. The lowest BCUT2D eigenvalue weighted by Crippen LogP contribution is -2.43. The van der Waals surface area contributed by atoms with E-state index in [9.17, 15) is 4.79 Å². The van der Waals surface area contributed by atoms with E-state index in [4.69, 9.17) is 4.98 Å². The maximum absolute atomic E-state index is 13.3. The Bertz CT molecular complexity index is 973. The van der Waals surface area contributed by atoms with Crippen LogP contribution in [0.3, 0.4) is 0 Å². The normalized spacial score (nSPS) is 16.3. The first-order valence-corrected chi connectivity index (χ1v) is 10.0. The molecule has 3 aromatic rings. The Hall–Kier alpha value is -1.63. The van der Waals surface area contributed by atoms with Gasteiger partial charge in [0.15, 0.2) is 5.16 Å². The predicted molar refractivity (Wildman–Crippen MR) is 101 cm³/mol. The van der Waals surface area contributed by atoms with Gasteiger partial charge >= 0.3 is 0 Å². The summed E-state index contributed by atoms with van der Waals surface area (Å²) in [5.41, 5.74) is 2.18. The topological polar surface area (TPSA) is 34.9 Å². The number of hydrogen-bond acceptors (Lipinski definition) is 4. The van der Waals surface area contributed by atoms with Crippen LogP contribution in [0.5, 0.6) is 0 Å². The molecule has 0 fully saturated rings. The van der Waals surface area contributed by atoms with E-state index in [2.05, 4.69) is 14.1 Å². The van der Waals surface area contributed by atoms with Crippen molar-refractivity contribution < 1.29 is 4.48 Å². The van der Waals surface area contributed by atoms with E-state index in [1.54, 1.807) is 15.9 Å². The van der Waals surface area contributed by atoms with Crippen LogP contribution in [0.4, 0.5) is 0 Å². The average molecular weight is 359 g/mol. The number of quaternary nitrogens is 1. The summed E-state index contributed by atoms with van der Waals surface area (Å²) < 4.78 is 2.73. The Morgan fingerprint density at radius 3 is 2.71 bits per heavy atom. The molecule has 6 heteroatoms. The SMILES string of the molecule is CSc1nc2sc3c(c2c(=O)n1-c1ccccc1)CC[N+](C)(C)C3. The molecular weight excluding hydrogens is 338 g/mol. The highest BCUT2D eigenvalue weighted by Crippen LogP contribution is 2.35. The monoisotopic (exact) mass is 358 g/mol. The van der Waals surface area contributed by atoms with Crippen LogP contribution in [0.2, 0.25) is 0 Å². The number of hydrogen-bond donors (Lipinski definition) is 0. The molecule has 1 aliphatic heterocycles. The highest BCUT2D eigenvalue weighted by molar-refractivity contribution is 7.98. The van der Waals surface area contributed by atoms with Gasteiger partial charge in [-0.2, -0.15) is 0 Å². The standard InChI is InChI=1S/C18H20N3OS2/c1-21(2)10-9-13-14(11-21)24-16-15(13)17(22)20(18(19-16)23-3)12-7-5-4-6-8-12/h4-8H,9-11H2,1-3H3/q+1. The summed E-state index contributed by atoms with van der Waals surface area (Å²) in [5.74, 6) is 0. The van der Waals surface area contributed by atoms with Crippen molar-refractivity contribution in [3.05, 3.63) is 51.1 Å². The molecule has 3 heterocycles. The minimum absolute atomic E-state index is 0.0697. The fourth-order valence-electron chi connectivity index (χ4n) is 3.35. The van der Waals surface area contributed by atoms with E-state index in [1.165, 1.54) is 22.2 Å². The molecule has 0 amide bonds. The van der Waals surface area contributed by atoms with Crippen LogP contribution >= 0.6 is 23.1 Å². The zero-order valence-corrected chi connectivity index (χ0v) is 15.7. The Morgan fingerprint density at radius 2 is 2.00 bits per heavy atom. The predicted octanol–water partition coefficient (Wildman–Crippen LogP) is 3.30. The second-order valence-electron chi connectivity index (χ2n) is 6.83. The Kier molecular flexibility index (Phi) is 3.78. The van der Waals surface area contributed by atoms with Crippen molar-refractivity contribution in [3.8, 4) is 5.69 Å². The fraction of sp³-hybridized carbons (Fsp3) is 0.333. The summed E-state index contributed by atoms with van der Waals surface area (Å²) in [7, 11) is 4.49. The summed E-state index contributed by atoms with van der Waals surface area (Å²) >= 11 is 3.22.